The minimum absolute atomic E-state index is 0.0247. The van der Waals surface area contributed by atoms with Crippen molar-refractivity contribution < 1.29 is 14.3 Å². The van der Waals surface area contributed by atoms with Crippen molar-refractivity contribution in [3.63, 3.8) is 0 Å². The molecule has 0 aliphatic heterocycles. The standard InChI is InChI=1S/C28H30Cl2N2O3/c1-3-20(2)31-28(34)25(17-21-10-5-4-6-11-21)32(18-22-12-9-13-23(29)16-22)27(33)19-35-26-15-8-7-14-24(26)30/h4-16,20,25H,3,17-19H2,1-2H3,(H,31,34)/t20-,25-/m1/s1. The normalized spacial score (nSPS) is 12.5. The molecule has 1 N–H and O–H groups in total. The molecule has 2 amide bonds. The fourth-order valence-electron chi connectivity index (χ4n) is 3.61. The zero-order chi connectivity index (χ0) is 25.2. The molecular weight excluding hydrogens is 483 g/mol. The van der Waals surface area contributed by atoms with E-state index in [1.807, 2.05) is 56.3 Å². The van der Waals surface area contributed by atoms with E-state index >= 15 is 0 Å². The van der Waals surface area contributed by atoms with Crippen LogP contribution in [0.4, 0.5) is 0 Å². The van der Waals surface area contributed by atoms with Gasteiger partial charge in [-0.25, -0.2) is 0 Å². The van der Waals surface area contributed by atoms with Crippen LogP contribution in [0.3, 0.4) is 0 Å². The van der Waals surface area contributed by atoms with E-state index in [-0.39, 0.29) is 31.0 Å². The molecule has 0 spiro atoms. The van der Waals surface area contributed by atoms with Crippen LogP contribution < -0.4 is 10.1 Å². The second kappa shape index (κ2) is 13.2. The van der Waals surface area contributed by atoms with Crippen LogP contribution in [0.25, 0.3) is 0 Å². The summed E-state index contributed by atoms with van der Waals surface area (Å²) in [7, 11) is 0. The number of nitrogens with one attached hydrogen (secondary N) is 1. The van der Waals surface area contributed by atoms with Crippen LogP contribution in [0.15, 0.2) is 78.9 Å². The van der Waals surface area contributed by atoms with Gasteiger partial charge in [-0.2, -0.15) is 0 Å². The molecule has 184 valence electrons. The molecule has 3 aromatic rings. The van der Waals surface area contributed by atoms with Crippen molar-refractivity contribution in [3.05, 3.63) is 100 Å². The van der Waals surface area contributed by atoms with E-state index in [9.17, 15) is 9.59 Å². The Morgan fingerprint density at radius 1 is 0.943 bits per heavy atom. The lowest BCUT2D eigenvalue weighted by Crippen LogP contribution is -2.53. The molecule has 0 unspecified atom stereocenters. The molecular formula is C28H30Cl2N2O3. The first-order valence-corrected chi connectivity index (χ1v) is 12.4. The Balaban J connectivity index is 1.92. The number of para-hydroxylation sites is 1. The van der Waals surface area contributed by atoms with Crippen molar-refractivity contribution >= 4 is 35.0 Å². The van der Waals surface area contributed by atoms with Gasteiger partial charge in [0.15, 0.2) is 6.61 Å². The third kappa shape index (κ3) is 8.01. The highest BCUT2D eigenvalue weighted by Gasteiger charge is 2.31. The second-order valence-electron chi connectivity index (χ2n) is 8.39. The Kier molecular flexibility index (Phi) is 10.0. The maximum absolute atomic E-state index is 13.6. The Morgan fingerprint density at radius 3 is 2.31 bits per heavy atom. The summed E-state index contributed by atoms with van der Waals surface area (Å²) in [5.41, 5.74) is 1.77. The third-order valence-electron chi connectivity index (χ3n) is 5.70. The molecule has 5 nitrogen and oxygen atoms in total. The first-order valence-electron chi connectivity index (χ1n) is 11.6. The number of hydrogen-bond donors (Lipinski definition) is 1. The van der Waals surface area contributed by atoms with Gasteiger partial charge in [-0.05, 0) is 48.7 Å². The van der Waals surface area contributed by atoms with Crippen LogP contribution >= 0.6 is 23.2 Å². The van der Waals surface area contributed by atoms with Crippen molar-refractivity contribution in [1.82, 2.24) is 10.2 Å². The van der Waals surface area contributed by atoms with Crippen LogP contribution in [0.5, 0.6) is 5.75 Å². The van der Waals surface area contributed by atoms with Crippen molar-refractivity contribution in [2.45, 2.75) is 45.3 Å². The smallest absolute Gasteiger partial charge is 0.261 e. The highest BCUT2D eigenvalue weighted by molar-refractivity contribution is 6.32. The molecule has 0 fully saturated rings. The number of nitrogens with zero attached hydrogens (tertiary/aromatic N) is 1. The molecule has 0 heterocycles. The summed E-state index contributed by atoms with van der Waals surface area (Å²) in [5.74, 6) is -0.129. The lowest BCUT2D eigenvalue weighted by atomic mass is 10.0. The number of halogens is 2. The van der Waals surface area contributed by atoms with Crippen LogP contribution in [-0.2, 0) is 22.6 Å². The molecule has 0 aromatic heterocycles. The van der Waals surface area contributed by atoms with Crippen LogP contribution in [0, 0.1) is 0 Å². The van der Waals surface area contributed by atoms with Crippen LogP contribution in [0.2, 0.25) is 10.0 Å². The summed E-state index contributed by atoms with van der Waals surface area (Å²) in [6, 6.07) is 23.1. The number of carbonyl (C=O) groups excluding carboxylic acids is 2. The maximum Gasteiger partial charge on any atom is 0.261 e. The maximum atomic E-state index is 13.6. The van der Waals surface area contributed by atoms with Gasteiger partial charge < -0.3 is 15.0 Å². The zero-order valence-electron chi connectivity index (χ0n) is 19.9. The number of benzene rings is 3. The third-order valence-corrected chi connectivity index (χ3v) is 6.25. The minimum atomic E-state index is -0.743. The molecule has 0 aliphatic rings. The van der Waals surface area contributed by atoms with Crippen molar-refractivity contribution in [2.24, 2.45) is 0 Å². The Hall–Kier alpha value is -3.02. The molecule has 3 aromatic carbocycles. The molecule has 0 radical (unpaired) electrons. The number of hydrogen-bond acceptors (Lipinski definition) is 3. The van der Waals surface area contributed by atoms with Crippen molar-refractivity contribution in [3.8, 4) is 5.75 Å². The second-order valence-corrected chi connectivity index (χ2v) is 9.24. The van der Waals surface area contributed by atoms with Gasteiger partial charge in [0.05, 0.1) is 5.02 Å². The van der Waals surface area contributed by atoms with Gasteiger partial charge in [-0.3, -0.25) is 9.59 Å². The summed E-state index contributed by atoms with van der Waals surface area (Å²) < 4.78 is 5.74. The van der Waals surface area contributed by atoms with E-state index in [1.165, 1.54) is 0 Å². The summed E-state index contributed by atoms with van der Waals surface area (Å²) in [6.07, 6.45) is 1.14. The van der Waals surface area contributed by atoms with Gasteiger partial charge >= 0.3 is 0 Å². The highest BCUT2D eigenvalue weighted by Crippen LogP contribution is 2.24. The largest absolute Gasteiger partial charge is 0.482 e. The average molecular weight is 513 g/mol. The summed E-state index contributed by atoms with van der Waals surface area (Å²) in [4.78, 5) is 28.6. The van der Waals surface area contributed by atoms with Crippen LogP contribution in [0.1, 0.15) is 31.4 Å². The fourth-order valence-corrected chi connectivity index (χ4v) is 4.01. The summed E-state index contributed by atoms with van der Waals surface area (Å²) >= 11 is 12.4. The van der Waals surface area contributed by atoms with E-state index in [2.05, 4.69) is 5.32 Å². The Morgan fingerprint density at radius 2 is 1.63 bits per heavy atom. The molecule has 0 aliphatic carbocycles. The predicted octanol–water partition coefficient (Wildman–Crippen LogP) is 5.93. The topological polar surface area (TPSA) is 58.6 Å². The minimum Gasteiger partial charge on any atom is -0.482 e. The summed E-state index contributed by atoms with van der Waals surface area (Å²) in [6.45, 7) is 3.90. The lowest BCUT2D eigenvalue weighted by Gasteiger charge is -2.32. The van der Waals surface area contributed by atoms with E-state index < -0.39 is 6.04 Å². The molecule has 35 heavy (non-hydrogen) atoms. The van der Waals surface area contributed by atoms with Gasteiger partial charge in [0.2, 0.25) is 5.91 Å². The molecule has 0 bridgehead atoms. The monoisotopic (exact) mass is 512 g/mol. The lowest BCUT2D eigenvalue weighted by molar-refractivity contribution is -0.143. The van der Waals surface area contributed by atoms with Crippen molar-refractivity contribution in [1.29, 1.82) is 0 Å². The first kappa shape index (κ1) is 26.6. The zero-order valence-corrected chi connectivity index (χ0v) is 21.4. The molecule has 0 saturated heterocycles. The summed E-state index contributed by atoms with van der Waals surface area (Å²) in [5, 5.41) is 4.02. The predicted molar refractivity (Wildman–Crippen MR) is 141 cm³/mol. The van der Waals surface area contributed by atoms with Crippen LogP contribution in [-0.4, -0.2) is 35.4 Å². The molecule has 3 rings (SSSR count). The van der Waals surface area contributed by atoms with Crippen molar-refractivity contribution in [2.75, 3.05) is 6.61 Å². The number of amides is 2. The SMILES string of the molecule is CC[C@@H](C)NC(=O)[C@@H](Cc1ccccc1)N(Cc1cccc(Cl)c1)C(=O)COc1ccccc1Cl. The first-order chi connectivity index (χ1) is 16.9. The van der Waals surface area contributed by atoms with Gasteiger partial charge in [-0.1, -0.05) is 84.7 Å². The number of carbonyl (C=O) groups is 2. The van der Waals surface area contributed by atoms with Gasteiger partial charge in [0.1, 0.15) is 11.8 Å². The molecule has 0 saturated carbocycles. The van der Waals surface area contributed by atoms with Gasteiger partial charge in [0.25, 0.3) is 5.91 Å². The van der Waals surface area contributed by atoms with Gasteiger partial charge in [0, 0.05) is 24.0 Å². The molecule has 2 atom stereocenters. The number of ether oxygens (including phenoxy) is 1. The highest BCUT2D eigenvalue weighted by atomic mass is 35.5. The number of rotatable bonds is 11. The van der Waals surface area contributed by atoms with E-state index in [0.717, 1.165) is 17.5 Å². The Labute approximate surface area is 217 Å². The fraction of sp³-hybridized carbons (Fsp3) is 0.286. The van der Waals surface area contributed by atoms with Gasteiger partial charge in [-0.15, -0.1) is 0 Å². The average Bonchev–Trinajstić information content (AvgIpc) is 2.86. The Bertz CT molecular complexity index is 1120. The van der Waals surface area contributed by atoms with E-state index in [0.29, 0.717) is 22.2 Å². The quantitative estimate of drug-likeness (QED) is 0.346. The van der Waals surface area contributed by atoms with E-state index in [4.69, 9.17) is 27.9 Å². The van der Waals surface area contributed by atoms with E-state index in [1.54, 1.807) is 41.3 Å². The molecule has 7 heteroatoms.